The van der Waals surface area contributed by atoms with Crippen molar-refractivity contribution < 1.29 is 4.74 Å². The summed E-state index contributed by atoms with van der Waals surface area (Å²) in [5, 5.41) is 1.05. The number of piperidine rings is 1. The standard InChI is InChI=1S/C33H30Cl2N4O/c34-29-13-10-26(19-30(29)35)32-33(38-22-37-32)28-7-4-16-36-31(28)25-14-17-39(18-15-25)20-23-8-11-27(12-9-23)40-21-24-5-2-1-3-6-24/h1-13,16,19,22,25H,14-15,17-18,20-21H2,(H,37,38). The largest absolute Gasteiger partial charge is 0.489 e. The van der Waals surface area contributed by atoms with Crippen LogP contribution in [-0.4, -0.2) is 32.9 Å². The highest BCUT2D eigenvalue weighted by Crippen LogP contribution is 2.38. The van der Waals surface area contributed by atoms with Gasteiger partial charge in [-0.15, -0.1) is 0 Å². The molecule has 0 atom stereocenters. The van der Waals surface area contributed by atoms with Crippen LogP contribution in [0, 0.1) is 0 Å². The van der Waals surface area contributed by atoms with Crippen molar-refractivity contribution in [3.8, 4) is 28.3 Å². The van der Waals surface area contributed by atoms with Gasteiger partial charge in [-0.25, -0.2) is 4.98 Å². The SMILES string of the molecule is Clc1ccc(-c2nc[nH]c2-c2cccnc2C2CCN(Cc3ccc(OCc4ccccc4)cc3)CC2)cc1Cl. The highest BCUT2D eigenvalue weighted by molar-refractivity contribution is 6.42. The van der Waals surface area contributed by atoms with E-state index in [1.54, 1.807) is 6.33 Å². The minimum atomic E-state index is 0.381. The summed E-state index contributed by atoms with van der Waals surface area (Å²) in [6, 6.07) is 28.5. The van der Waals surface area contributed by atoms with Crippen LogP contribution in [0.15, 0.2) is 97.5 Å². The minimum Gasteiger partial charge on any atom is -0.489 e. The summed E-state index contributed by atoms with van der Waals surface area (Å²) >= 11 is 12.5. The van der Waals surface area contributed by atoms with E-state index in [4.69, 9.17) is 32.9 Å². The molecule has 7 heteroatoms. The van der Waals surface area contributed by atoms with Crippen LogP contribution in [0.3, 0.4) is 0 Å². The van der Waals surface area contributed by atoms with Gasteiger partial charge in [-0.2, -0.15) is 0 Å². The first-order valence-electron chi connectivity index (χ1n) is 13.6. The highest BCUT2D eigenvalue weighted by Gasteiger charge is 2.25. The molecule has 0 radical (unpaired) electrons. The number of aromatic amines is 1. The Morgan fingerprint density at radius 1 is 0.825 bits per heavy atom. The molecular weight excluding hydrogens is 539 g/mol. The third-order valence-corrected chi connectivity index (χ3v) is 8.23. The Balaban J connectivity index is 1.09. The first kappa shape index (κ1) is 26.6. The summed E-state index contributed by atoms with van der Waals surface area (Å²) < 4.78 is 5.95. The third kappa shape index (κ3) is 6.07. The number of hydrogen-bond donors (Lipinski definition) is 1. The van der Waals surface area contributed by atoms with Crippen LogP contribution >= 0.6 is 23.2 Å². The number of nitrogens with one attached hydrogen (secondary N) is 1. The zero-order chi connectivity index (χ0) is 27.3. The van der Waals surface area contributed by atoms with Gasteiger partial charge in [0.2, 0.25) is 0 Å². The number of H-pyrrole nitrogens is 1. The molecule has 0 amide bonds. The Morgan fingerprint density at radius 3 is 2.40 bits per heavy atom. The van der Waals surface area contributed by atoms with E-state index in [1.807, 2.05) is 48.7 Å². The van der Waals surface area contributed by atoms with E-state index >= 15 is 0 Å². The number of benzene rings is 3. The van der Waals surface area contributed by atoms with Crippen molar-refractivity contribution in [1.82, 2.24) is 19.9 Å². The fraction of sp³-hybridized carbons (Fsp3) is 0.212. The molecule has 6 rings (SSSR count). The second-order valence-electron chi connectivity index (χ2n) is 10.2. The molecule has 1 aliphatic rings. The normalized spacial score (nSPS) is 14.3. The summed E-state index contributed by atoms with van der Waals surface area (Å²) in [6.45, 7) is 3.56. The van der Waals surface area contributed by atoms with Gasteiger partial charge in [0.15, 0.2) is 0 Å². The molecule has 1 saturated heterocycles. The number of nitrogens with zero attached hydrogens (tertiary/aromatic N) is 3. The van der Waals surface area contributed by atoms with E-state index in [-0.39, 0.29) is 0 Å². The van der Waals surface area contributed by atoms with E-state index in [0.717, 1.165) is 66.4 Å². The molecule has 3 aromatic carbocycles. The number of pyridine rings is 1. The maximum atomic E-state index is 6.31. The maximum Gasteiger partial charge on any atom is 0.119 e. The molecule has 40 heavy (non-hydrogen) atoms. The van der Waals surface area contributed by atoms with Crippen molar-refractivity contribution in [2.45, 2.75) is 31.9 Å². The third-order valence-electron chi connectivity index (χ3n) is 7.49. The van der Waals surface area contributed by atoms with E-state index in [9.17, 15) is 0 Å². The van der Waals surface area contributed by atoms with Gasteiger partial charge in [-0.1, -0.05) is 71.7 Å². The molecule has 202 valence electrons. The highest BCUT2D eigenvalue weighted by atomic mass is 35.5. The van der Waals surface area contributed by atoms with E-state index < -0.39 is 0 Å². The van der Waals surface area contributed by atoms with Crippen molar-refractivity contribution in [3.05, 3.63) is 124 Å². The molecule has 0 spiro atoms. The molecular formula is C33H30Cl2N4O. The quantitative estimate of drug-likeness (QED) is 0.204. The monoisotopic (exact) mass is 568 g/mol. The molecule has 2 aromatic heterocycles. The van der Waals surface area contributed by atoms with Gasteiger partial charge in [-0.05, 0) is 73.5 Å². The summed E-state index contributed by atoms with van der Waals surface area (Å²) in [4.78, 5) is 15.3. The first-order valence-corrected chi connectivity index (χ1v) is 14.3. The van der Waals surface area contributed by atoms with Gasteiger partial charge in [0, 0.05) is 29.8 Å². The van der Waals surface area contributed by atoms with Gasteiger partial charge in [-0.3, -0.25) is 9.88 Å². The van der Waals surface area contributed by atoms with Gasteiger partial charge < -0.3 is 9.72 Å². The minimum absolute atomic E-state index is 0.381. The first-order chi connectivity index (χ1) is 19.6. The van der Waals surface area contributed by atoms with Gasteiger partial charge in [0.05, 0.1) is 33.5 Å². The van der Waals surface area contributed by atoms with Crippen LogP contribution in [0.2, 0.25) is 10.0 Å². The Bertz CT molecular complexity index is 1560. The smallest absolute Gasteiger partial charge is 0.119 e. The summed E-state index contributed by atoms with van der Waals surface area (Å²) in [7, 11) is 0. The van der Waals surface area contributed by atoms with Crippen LogP contribution < -0.4 is 4.74 Å². The molecule has 1 fully saturated rings. The molecule has 3 heterocycles. The number of ether oxygens (including phenoxy) is 1. The van der Waals surface area contributed by atoms with Crippen molar-refractivity contribution >= 4 is 23.2 Å². The van der Waals surface area contributed by atoms with Crippen LogP contribution in [0.25, 0.3) is 22.5 Å². The topological polar surface area (TPSA) is 54.0 Å². The molecule has 0 saturated carbocycles. The number of aromatic nitrogens is 3. The lowest BCUT2D eigenvalue weighted by atomic mass is 9.88. The number of halogens is 2. The van der Waals surface area contributed by atoms with Crippen LogP contribution in [0.1, 0.15) is 35.6 Å². The lowest BCUT2D eigenvalue weighted by molar-refractivity contribution is 0.203. The van der Waals surface area contributed by atoms with E-state index in [2.05, 4.69) is 57.3 Å². The second kappa shape index (κ2) is 12.3. The zero-order valence-corrected chi connectivity index (χ0v) is 23.6. The van der Waals surface area contributed by atoms with E-state index in [1.165, 1.54) is 11.1 Å². The lowest BCUT2D eigenvalue weighted by Crippen LogP contribution is -2.32. The van der Waals surface area contributed by atoms with Crippen molar-refractivity contribution in [2.24, 2.45) is 0 Å². The van der Waals surface area contributed by atoms with Crippen LogP contribution in [0.5, 0.6) is 5.75 Å². The average Bonchev–Trinajstić information content (AvgIpc) is 3.49. The van der Waals surface area contributed by atoms with Crippen LogP contribution in [0.4, 0.5) is 0 Å². The molecule has 0 aliphatic carbocycles. The van der Waals surface area contributed by atoms with Gasteiger partial charge >= 0.3 is 0 Å². The summed E-state index contributed by atoms with van der Waals surface area (Å²) in [5.41, 5.74) is 7.40. The number of imidazole rings is 1. The number of rotatable bonds is 8. The molecule has 0 unspecified atom stereocenters. The van der Waals surface area contributed by atoms with Gasteiger partial charge in [0.25, 0.3) is 0 Å². The van der Waals surface area contributed by atoms with Crippen molar-refractivity contribution in [2.75, 3.05) is 13.1 Å². The Kier molecular flexibility index (Phi) is 8.14. The molecule has 1 aliphatic heterocycles. The predicted molar refractivity (Wildman–Crippen MR) is 162 cm³/mol. The fourth-order valence-corrected chi connectivity index (χ4v) is 5.67. The van der Waals surface area contributed by atoms with Gasteiger partial charge in [0.1, 0.15) is 12.4 Å². The molecule has 5 nitrogen and oxygen atoms in total. The summed E-state index contributed by atoms with van der Waals surface area (Å²) in [5.74, 6) is 1.28. The number of likely N-dealkylation sites (tertiary alicyclic amines) is 1. The Labute approximate surface area is 244 Å². The van der Waals surface area contributed by atoms with Crippen molar-refractivity contribution in [1.29, 1.82) is 0 Å². The van der Waals surface area contributed by atoms with Crippen LogP contribution in [-0.2, 0) is 13.2 Å². The zero-order valence-electron chi connectivity index (χ0n) is 22.1. The molecule has 0 bridgehead atoms. The molecule has 1 N–H and O–H groups in total. The Morgan fingerprint density at radius 2 is 1.62 bits per heavy atom. The number of hydrogen-bond acceptors (Lipinski definition) is 4. The maximum absolute atomic E-state index is 6.31. The fourth-order valence-electron chi connectivity index (χ4n) is 5.37. The Hall–Kier alpha value is -3.64. The average molecular weight is 570 g/mol. The molecule has 5 aromatic rings. The second-order valence-corrected chi connectivity index (χ2v) is 11.0. The van der Waals surface area contributed by atoms with Crippen molar-refractivity contribution in [3.63, 3.8) is 0 Å². The lowest BCUT2D eigenvalue weighted by Gasteiger charge is -2.32. The predicted octanol–water partition coefficient (Wildman–Crippen LogP) is 8.40. The summed E-state index contributed by atoms with van der Waals surface area (Å²) in [6.07, 6.45) is 5.73. The van der Waals surface area contributed by atoms with E-state index in [0.29, 0.717) is 22.6 Å².